The third-order valence-electron chi connectivity index (χ3n) is 6.82. The predicted molar refractivity (Wildman–Crippen MR) is 143 cm³/mol. The largest absolute Gasteiger partial charge is 0.322 e. The van der Waals surface area contributed by atoms with Crippen molar-refractivity contribution in [2.24, 2.45) is 0 Å². The Morgan fingerprint density at radius 1 is 0.703 bits per heavy atom. The molecular formula is C27H29N3O5S2. The average molecular weight is 540 g/mol. The number of carbonyl (C=O) groups is 1. The van der Waals surface area contributed by atoms with Crippen LogP contribution in [0.5, 0.6) is 0 Å². The van der Waals surface area contributed by atoms with Gasteiger partial charge in [0.1, 0.15) is 0 Å². The Morgan fingerprint density at radius 2 is 1.38 bits per heavy atom. The molecule has 194 valence electrons. The van der Waals surface area contributed by atoms with Crippen molar-refractivity contribution in [3.05, 3.63) is 83.9 Å². The minimum atomic E-state index is -3.85. The van der Waals surface area contributed by atoms with Crippen molar-refractivity contribution in [1.29, 1.82) is 0 Å². The van der Waals surface area contributed by atoms with Gasteiger partial charge in [-0.15, -0.1) is 0 Å². The van der Waals surface area contributed by atoms with Gasteiger partial charge in [-0.25, -0.2) is 16.8 Å². The Morgan fingerprint density at radius 3 is 2.14 bits per heavy atom. The van der Waals surface area contributed by atoms with Crippen molar-refractivity contribution in [3.8, 4) is 0 Å². The molecule has 1 saturated heterocycles. The van der Waals surface area contributed by atoms with Crippen LogP contribution in [0.4, 0.5) is 11.4 Å². The zero-order valence-electron chi connectivity index (χ0n) is 20.3. The van der Waals surface area contributed by atoms with E-state index < -0.39 is 26.0 Å². The third kappa shape index (κ3) is 5.14. The Kier molecular flexibility index (Phi) is 7.06. The Bertz CT molecular complexity index is 1530. The molecule has 10 heteroatoms. The van der Waals surface area contributed by atoms with E-state index in [2.05, 4.69) is 5.32 Å². The van der Waals surface area contributed by atoms with Gasteiger partial charge in [0.05, 0.1) is 15.5 Å². The molecule has 0 spiro atoms. The van der Waals surface area contributed by atoms with E-state index in [1.807, 2.05) is 12.1 Å². The van der Waals surface area contributed by atoms with E-state index in [4.69, 9.17) is 0 Å². The minimum absolute atomic E-state index is 0.0225. The molecule has 0 radical (unpaired) electrons. The summed E-state index contributed by atoms with van der Waals surface area (Å²) in [6, 6.07) is 19.4. The summed E-state index contributed by atoms with van der Waals surface area (Å²) in [7, 11) is -7.53. The van der Waals surface area contributed by atoms with E-state index in [-0.39, 0.29) is 15.4 Å². The van der Waals surface area contributed by atoms with Crippen LogP contribution in [0.3, 0.4) is 0 Å². The molecule has 0 aliphatic carbocycles. The zero-order valence-corrected chi connectivity index (χ0v) is 22.0. The van der Waals surface area contributed by atoms with Crippen LogP contribution in [0.25, 0.3) is 0 Å². The maximum Gasteiger partial charge on any atom is 0.264 e. The molecule has 2 heterocycles. The van der Waals surface area contributed by atoms with Gasteiger partial charge in [0.15, 0.2) is 0 Å². The Labute approximate surface area is 218 Å². The molecule has 0 aromatic heterocycles. The molecule has 2 aliphatic rings. The van der Waals surface area contributed by atoms with Crippen molar-refractivity contribution in [1.82, 2.24) is 4.31 Å². The van der Waals surface area contributed by atoms with Crippen LogP contribution in [-0.2, 0) is 26.5 Å². The van der Waals surface area contributed by atoms with E-state index in [0.717, 1.165) is 31.2 Å². The molecule has 1 amide bonds. The third-order valence-corrected chi connectivity index (χ3v) is 10.5. The van der Waals surface area contributed by atoms with E-state index in [9.17, 15) is 21.6 Å². The van der Waals surface area contributed by atoms with Gasteiger partial charge in [0.2, 0.25) is 10.0 Å². The van der Waals surface area contributed by atoms with Gasteiger partial charge in [-0.1, -0.05) is 43.2 Å². The molecule has 3 aromatic rings. The maximum absolute atomic E-state index is 13.4. The predicted octanol–water partition coefficient (Wildman–Crippen LogP) is 4.26. The minimum Gasteiger partial charge on any atom is -0.322 e. The summed E-state index contributed by atoms with van der Waals surface area (Å²) in [5, 5.41) is 2.72. The first-order valence-electron chi connectivity index (χ1n) is 12.4. The lowest BCUT2D eigenvalue weighted by Gasteiger charge is -2.20. The van der Waals surface area contributed by atoms with Crippen LogP contribution in [0.15, 0.2) is 82.6 Å². The molecule has 3 aromatic carbocycles. The van der Waals surface area contributed by atoms with Gasteiger partial charge in [0, 0.05) is 30.9 Å². The van der Waals surface area contributed by atoms with E-state index in [0.29, 0.717) is 37.4 Å². The van der Waals surface area contributed by atoms with Crippen molar-refractivity contribution in [2.75, 3.05) is 29.3 Å². The highest BCUT2D eigenvalue weighted by molar-refractivity contribution is 7.92. The number of hydrogen-bond acceptors (Lipinski definition) is 5. The first-order valence-corrected chi connectivity index (χ1v) is 15.3. The van der Waals surface area contributed by atoms with Gasteiger partial charge < -0.3 is 5.32 Å². The highest BCUT2D eigenvalue weighted by Crippen LogP contribution is 2.33. The number of fused-ring (bicyclic) bond motifs is 1. The lowest BCUT2D eigenvalue weighted by molar-refractivity contribution is 0.102. The smallest absolute Gasteiger partial charge is 0.264 e. The maximum atomic E-state index is 13.4. The molecular weight excluding hydrogens is 510 g/mol. The summed E-state index contributed by atoms with van der Waals surface area (Å²) in [6.07, 6.45) is 4.32. The summed E-state index contributed by atoms with van der Waals surface area (Å²) in [5.74, 6) is -0.525. The standard InChI is InChI=1S/C27H29N3O5S2/c31-27(28-23-11-8-13-25(20-23)36(32,33)29-16-5-1-2-6-17-29)22-10-7-12-24(19-22)37(34,35)30-18-15-21-9-3-4-14-26(21)30/h3-4,7-14,19-20H,1-2,5-6,15-18H2,(H,28,31). The van der Waals surface area contributed by atoms with Gasteiger partial charge in [-0.05, 0) is 67.3 Å². The van der Waals surface area contributed by atoms with Gasteiger partial charge in [-0.2, -0.15) is 4.31 Å². The normalized spacial score (nSPS) is 16.7. The second-order valence-electron chi connectivity index (χ2n) is 9.28. The topological polar surface area (TPSA) is 104 Å². The first kappa shape index (κ1) is 25.4. The van der Waals surface area contributed by atoms with Crippen LogP contribution < -0.4 is 9.62 Å². The molecule has 0 bridgehead atoms. The summed E-state index contributed by atoms with van der Waals surface area (Å²) < 4.78 is 56.0. The fourth-order valence-corrected chi connectivity index (χ4v) is 7.96. The number of para-hydroxylation sites is 1. The number of benzene rings is 3. The quantitative estimate of drug-likeness (QED) is 0.504. The average Bonchev–Trinajstić information content (AvgIpc) is 3.15. The fraction of sp³-hybridized carbons (Fsp3) is 0.296. The van der Waals surface area contributed by atoms with E-state index in [1.54, 1.807) is 24.3 Å². The number of hydrogen-bond donors (Lipinski definition) is 1. The monoisotopic (exact) mass is 539 g/mol. The molecule has 1 N–H and O–H groups in total. The van der Waals surface area contributed by atoms with Crippen LogP contribution >= 0.6 is 0 Å². The van der Waals surface area contributed by atoms with E-state index >= 15 is 0 Å². The lowest BCUT2D eigenvalue weighted by Crippen LogP contribution is -2.32. The van der Waals surface area contributed by atoms with Gasteiger partial charge in [-0.3, -0.25) is 9.10 Å². The Hall–Kier alpha value is -3.21. The van der Waals surface area contributed by atoms with Crippen molar-refractivity contribution < 1.29 is 21.6 Å². The molecule has 1 fully saturated rings. The highest BCUT2D eigenvalue weighted by Gasteiger charge is 2.31. The number of anilines is 2. The van der Waals surface area contributed by atoms with Crippen molar-refractivity contribution in [3.63, 3.8) is 0 Å². The zero-order chi connectivity index (χ0) is 26.0. The lowest BCUT2D eigenvalue weighted by atomic mass is 10.2. The Balaban J connectivity index is 1.36. The summed E-state index contributed by atoms with van der Waals surface area (Å²) in [5.41, 5.74) is 2.10. The highest BCUT2D eigenvalue weighted by atomic mass is 32.2. The second-order valence-corrected chi connectivity index (χ2v) is 13.1. The number of nitrogens with one attached hydrogen (secondary N) is 1. The number of rotatable bonds is 6. The molecule has 37 heavy (non-hydrogen) atoms. The van der Waals surface area contributed by atoms with Crippen LogP contribution in [0.2, 0.25) is 0 Å². The van der Waals surface area contributed by atoms with Gasteiger partial charge >= 0.3 is 0 Å². The van der Waals surface area contributed by atoms with E-state index in [1.165, 1.54) is 45.0 Å². The first-order chi connectivity index (χ1) is 17.8. The molecule has 2 aliphatic heterocycles. The molecule has 8 nitrogen and oxygen atoms in total. The molecule has 0 atom stereocenters. The summed E-state index contributed by atoms with van der Waals surface area (Å²) in [6.45, 7) is 1.32. The molecule has 0 unspecified atom stereocenters. The second kappa shape index (κ2) is 10.3. The SMILES string of the molecule is O=C(Nc1cccc(S(=O)(=O)N2CCCCCC2)c1)c1cccc(S(=O)(=O)N2CCc3ccccc32)c1. The number of carbonyl (C=O) groups excluding carboxylic acids is 1. The van der Waals surface area contributed by atoms with Crippen molar-refractivity contribution >= 4 is 37.3 Å². The molecule has 5 rings (SSSR count). The number of nitrogens with zero attached hydrogens (tertiary/aromatic N) is 2. The number of sulfonamides is 2. The van der Waals surface area contributed by atoms with Crippen molar-refractivity contribution in [2.45, 2.75) is 41.9 Å². The number of amides is 1. The fourth-order valence-electron chi connectivity index (χ4n) is 4.85. The van der Waals surface area contributed by atoms with Crippen LogP contribution in [-0.4, -0.2) is 46.7 Å². The van der Waals surface area contributed by atoms with Crippen LogP contribution in [0.1, 0.15) is 41.6 Å². The van der Waals surface area contributed by atoms with Gasteiger partial charge in [0.25, 0.3) is 15.9 Å². The summed E-state index contributed by atoms with van der Waals surface area (Å²) >= 11 is 0. The van der Waals surface area contributed by atoms with Crippen LogP contribution in [0, 0.1) is 0 Å². The summed E-state index contributed by atoms with van der Waals surface area (Å²) in [4.78, 5) is 13.2. The molecule has 0 saturated carbocycles.